The van der Waals surface area contributed by atoms with Crippen molar-refractivity contribution in [3.8, 4) is 5.75 Å². The average Bonchev–Trinajstić information content (AvgIpc) is 2.63. The molecule has 6 nitrogen and oxygen atoms in total. The van der Waals surface area contributed by atoms with Crippen molar-refractivity contribution in [2.24, 2.45) is 0 Å². The van der Waals surface area contributed by atoms with Crippen LogP contribution in [0.25, 0.3) is 0 Å². The van der Waals surface area contributed by atoms with Crippen molar-refractivity contribution >= 4 is 11.8 Å². The number of ether oxygens (including phenoxy) is 1. The molecule has 2 heterocycles. The fourth-order valence-corrected chi connectivity index (χ4v) is 3.47. The van der Waals surface area contributed by atoms with Gasteiger partial charge >= 0.3 is 0 Å². The lowest BCUT2D eigenvalue weighted by Gasteiger charge is -2.41. The highest BCUT2D eigenvalue weighted by Crippen LogP contribution is 2.19. The van der Waals surface area contributed by atoms with Crippen LogP contribution in [0.1, 0.15) is 18.4 Å². The predicted octanol–water partition coefficient (Wildman–Crippen LogP) is 0.661. The van der Waals surface area contributed by atoms with Crippen molar-refractivity contribution in [2.75, 3.05) is 39.8 Å². The molecule has 2 aliphatic rings. The summed E-state index contributed by atoms with van der Waals surface area (Å²) in [5, 5.41) is 3.10. The number of nitrogens with zero attached hydrogens (tertiary/aromatic N) is 2. The summed E-state index contributed by atoms with van der Waals surface area (Å²) in [5.41, 5.74) is 0.987. The number of amides is 2. The van der Waals surface area contributed by atoms with Crippen LogP contribution in [-0.4, -0.2) is 67.5 Å². The van der Waals surface area contributed by atoms with Crippen LogP contribution in [0, 0.1) is 0 Å². The van der Waals surface area contributed by atoms with E-state index < -0.39 is 0 Å². The number of hydrogen-bond acceptors (Lipinski definition) is 4. The fourth-order valence-electron chi connectivity index (χ4n) is 3.47. The summed E-state index contributed by atoms with van der Waals surface area (Å²) in [6, 6.07) is 7.77. The van der Waals surface area contributed by atoms with Gasteiger partial charge in [0.15, 0.2) is 0 Å². The lowest BCUT2D eigenvalue weighted by molar-refractivity contribution is -0.140. The van der Waals surface area contributed by atoms with Gasteiger partial charge < -0.3 is 19.9 Å². The van der Waals surface area contributed by atoms with Crippen LogP contribution in [0.5, 0.6) is 5.75 Å². The number of hydrogen-bond donors (Lipinski definition) is 1. The molecular weight excluding hydrogens is 306 g/mol. The highest BCUT2D eigenvalue weighted by atomic mass is 16.5. The maximum Gasteiger partial charge on any atom is 0.236 e. The molecule has 0 saturated carbocycles. The molecule has 2 amide bonds. The number of methoxy groups -OCH3 is 1. The quantitative estimate of drug-likeness (QED) is 0.880. The van der Waals surface area contributed by atoms with Gasteiger partial charge in [-0.2, -0.15) is 0 Å². The molecule has 2 aliphatic heterocycles. The second kappa shape index (κ2) is 7.66. The minimum Gasteiger partial charge on any atom is -0.497 e. The van der Waals surface area contributed by atoms with Gasteiger partial charge in [-0.15, -0.1) is 0 Å². The van der Waals surface area contributed by atoms with Crippen molar-refractivity contribution < 1.29 is 14.3 Å². The molecule has 0 spiro atoms. The fraction of sp³-hybridized carbons (Fsp3) is 0.556. The van der Waals surface area contributed by atoms with E-state index in [-0.39, 0.29) is 17.9 Å². The molecular formula is C18H25N3O3. The van der Waals surface area contributed by atoms with Crippen LogP contribution in [0.4, 0.5) is 0 Å². The van der Waals surface area contributed by atoms with E-state index in [2.05, 4.69) is 5.32 Å². The molecule has 6 heteroatoms. The smallest absolute Gasteiger partial charge is 0.236 e. The minimum absolute atomic E-state index is 0.132. The molecule has 1 aromatic rings. The third-order valence-electron chi connectivity index (χ3n) is 4.83. The summed E-state index contributed by atoms with van der Waals surface area (Å²) in [6.45, 7) is 3.43. The highest BCUT2D eigenvalue weighted by molar-refractivity contribution is 5.80. The van der Waals surface area contributed by atoms with Crippen molar-refractivity contribution in [1.82, 2.24) is 15.1 Å². The van der Waals surface area contributed by atoms with E-state index in [1.165, 1.54) is 0 Å². The molecule has 1 aromatic carbocycles. The van der Waals surface area contributed by atoms with Crippen LogP contribution in [0.3, 0.4) is 0 Å². The molecule has 3 rings (SSSR count). The van der Waals surface area contributed by atoms with Gasteiger partial charge in [0, 0.05) is 32.2 Å². The lowest BCUT2D eigenvalue weighted by Crippen LogP contribution is -2.57. The predicted molar refractivity (Wildman–Crippen MR) is 90.9 cm³/mol. The van der Waals surface area contributed by atoms with Gasteiger partial charge in [-0.05, 0) is 30.5 Å². The van der Waals surface area contributed by atoms with Crippen LogP contribution < -0.4 is 10.1 Å². The first-order chi connectivity index (χ1) is 11.7. The first kappa shape index (κ1) is 16.8. The van der Waals surface area contributed by atoms with Crippen molar-refractivity contribution in [1.29, 1.82) is 0 Å². The SMILES string of the molecule is COc1ccc(CC(=O)N2CCCC(N3CCNCC3=O)C2)cc1. The monoisotopic (exact) mass is 331 g/mol. The Morgan fingerprint density at radius 3 is 2.79 bits per heavy atom. The molecule has 0 aromatic heterocycles. The van der Waals surface area contributed by atoms with E-state index in [0.29, 0.717) is 19.5 Å². The highest BCUT2D eigenvalue weighted by Gasteiger charge is 2.31. The largest absolute Gasteiger partial charge is 0.497 e. The summed E-state index contributed by atoms with van der Waals surface area (Å²) >= 11 is 0. The van der Waals surface area contributed by atoms with E-state index in [9.17, 15) is 9.59 Å². The van der Waals surface area contributed by atoms with Gasteiger partial charge in [-0.1, -0.05) is 12.1 Å². The normalized spacial score (nSPS) is 21.7. The molecule has 2 fully saturated rings. The van der Waals surface area contributed by atoms with Gasteiger partial charge in [0.25, 0.3) is 0 Å². The third kappa shape index (κ3) is 3.87. The van der Waals surface area contributed by atoms with E-state index in [1.807, 2.05) is 34.1 Å². The number of piperazine rings is 1. The Hall–Kier alpha value is -2.08. The topological polar surface area (TPSA) is 61.9 Å². The molecule has 0 aliphatic carbocycles. The van der Waals surface area contributed by atoms with Gasteiger partial charge in [0.05, 0.1) is 20.1 Å². The van der Waals surface area contributed by atoms with Gasteiger partial charge in [-0.3, -0.25) is 9.59 Å². The van der Waals surface area contributed by atoms with Crippen LogP contribution in [0.2, 0.25) is 0 Å². The summed E-state index contributed by atoms with van der Waals surface area (Å²) < 4.78 is 5.14. The van der Waals surface area contributed by atoms with Crippen molar-refractivity contribution in [3.63, 3.8) is 0 Å². The van der Waals surface area contributed by atoms with Crippen LogP contribution >= 0.6 is 0 Å². The standard InChI is InChI=1S/C18H25N3O3/c1-24-16-6-4-14(5-7-16)11-17(22)20-9-2-3-15(13-20)21-10-8-19-12-18(21)23/h4-7,15,19H,2-3,8-13H2,1H3. The van der Waals surface area contributed by atoms with Crippen LogP contribution in [-0.2, 0) is 16.0 Å². The Morgan fingerprint density at radius 1 is 1.29 bits per heavy atom. The number of carbonyl (C=O) groups is 2. The second-order valence-electron chi connectivity index (χ2n) is 6.42. The Kier molecular flexibility index (Phi) is 5.35. The van der Waals surface area contributed by atoms with Gasteiger partial charge in [-0.25, -0.2) is 0 Å². The Bertz CT molecular complexity index is 588. The lowest BCUT2D eigenvalue weighted by atomic mass is 10.0. The zero-order chi connectivity index (χ0) is 16.9. The Labute approximate surface area is 142 Å². The molecule has 130 valence electrons. The summed E-state index contributed by atoms with van der Waals surface area (Å²) in [4.78, 5) is 28.5. The summed E-state index contributed by atoms with van der Waals surface area (Å²) in [7, 11) is 1.63. The Morgan fingerprint density at radius 2 is 2.08 bits per heavy atom. The van der Waals surface area contributed by atoms with Crippen LogP contribution in [0.15, 0.2) is 24.3 Å². The van der Waals surface area contributed by atoms with Gasteiger partial charge in [0.2, 0.25) is 11.8 Å². The number of likely N-dealkylation sites (tertiary alicyclic amines) is 1. The first-order valence-corrected chi connectivity index (χ1v) is 8.58. The number of nitrogens with one attached hydrogen (secondary N) is 1. The molecule has 1 unspecified atom stereocenters. The molecule has 24 heavy (non-hydrogen) atoms. The van der Waals surface area contributed by atoms with Crippen molar-refractivity contribution in [3.05, 3.63) is 29.8 Å². The number of rotatable bonds is 4. The molecule has 1 N–H and O–H groups in total. The summed E-state index contributed by atoms with van der Waals surface area (Å²) in [5.74, 6) is 1.07. The maximum absolute atomic E-state index is 12.6. The van der Waals surface area contributed by atoms with E-state index in [4.69, 9.17) is 4.74 Å². The Balaban J connectivity index is 1.59. The molecule has 1 atom stereocenters. The third-order valence-corrected chi connectivity index (χ3v) is 4.83. The first-order valence-electron chi connectivity index (χ1n) is 8.58. The van der Waals surface area contributed by atoms with Crippen molar-refractivity contribution in [2.45, 2.75) is 25.3 Å². The summed E-state index contributed by atoms with van der Waals surface area (Å²) in [6.07, 6.45) is 2.33. The molecule has 0 radical (unpaired) electrons. The van der Waals surface area contributed by atoms with E-state index in [1.54, 1.807) is 7.11 Å². The second-order valence-corrected chi connectivity index (χ2v) is 6.42. The van der Waals surface area contributed by atoms with E-state index in [0.717, 1.165) is 43.8 Å². The number of piperidine rings is 1. The maximum atomic E-state index is 12.6. The number of carbonyl (C=O) groups excluding carboxylic acids is 2. The minimum atomic E-state index is 0.132. The number of benzene rings is 1. The zero-order valence-electron chi connectivity index (χ0n) is 14.2. The molecule has 0 bridgehead atoms. The molecule has 2 saturated heterocycles. The van der Waals surface area contributed by atoms with Gasteiger partial charge in [0.1, 0.15) is 5.75 Å². The average molecular weight is 331 g/mol. The van der Waals surface area contributed by atoms with E-state index >= 15 is 0 Å². The zero-order valence-corrected chi connectivity index (χ0v) is 14.2.